The summed E-state index contributed by atoms with van der Waals surface area (Å²) in [6, 6.07) is 5.77. The van der Waals surface area contributed by atoms with E-state index in [1.54, 1.807) is 17.4 Å². The van der Waals surface area contributed by atoms with Crippen molar-refractivity contribution in [3.63, 3.8) is 0 Å². The second kappa shape index (κ2) is 7.42. The van der Waals surface area contributed by atoms with Crippen LogP contribution >= 0.6 is 22.7 Å². The third-order valence-electron chi connectivity index (χ3n) is 5.88. The van der Waals surface area contributed by atoms with Crippen molar-refractivity contribution < 1.29 is 14.0 Å². The van der Waals surface area contributed by atoms with Crippen LogP contribution in [0.4, 0.5) is 5.13 Å². The second-order valence-corrected chi connectivity index (χ2v) is 9.63. The summed E-state index contributed by atoms with van der Waals surface area (Å²) in [6.45, 7) is 1.25. The van der Waals surface area contributed by atoms with Gasteiger partial charge in [-0.05, 0) is 30.4 Å². The highest BCUT2D eigenvalue weighted by atomic mass is 32.1. The molecule has 1 aliphatic heterocycles. The predicted octanol–water partition coefficient (Wildman–Crippen LogP) is 4.45. The molecule has 1 fully saturated rings. The fourth-order valence-corrected chi connectivity index (χ4v) is 6.38. The summed E-state index contributed by atoms with van der Waals surface area (Å²) in [5.41, 5.74) is 1.10. The normalized spacial score (nSPS) is 17.9. The highest BCUT2D eigenvalue weighted by molar-refractivity contribution is 7.15. The number of fused-ring (bicyclic) bond motifs is 1. The van der Waals surface area contributed by atoms with E-state index in [2.05, 4.69) is 21.7 Å². The molecule has 4 heterocycles. The Hall–Kier alpha value is -2.45. The Balaban J connectivity index is 1.34. The Kier molecular flexibility index (Phi) is 4.75. The van der Waals surface area contributed by atoms with Crippen molar-refractivity contribution in [3.05, 3.63) is 57.1 Å². The Labute approximate surface area is 176 Å². The van der Waals surface area contributed by atoms with Gasteiger partial charge in [0, 0.05) is 22.7 Å². The molecule has 0 spiro atoms. The molecule has 0 unspecified atom stereocenters. The number of carbonyl (C=O) groups is 2. The number of aromatic nitrogens is 1. The minimum atomic E-state index is -0.352. The van der Waals surface area contributed by atoms with Gasteiger partial charge in [-0.25, -0.2) is 4.98 Å². The highest BCUT2D eigenvalue weighted by Gasteiger charge is 2.46. The fourth-order valence-electron chi connectivity index (χ4n) is 4.38. The molecule has 1 N–H and O–H groups in total. The average Bonchev–Trinajstić information content (AvgIpc) is 3.53. The largest absolute Gasteiger partial charge is 0.472 e. The molecule has 0 atom stereocenters. The molecule has 150 valence electrons. The van der Waals surface area contributed by atoms with E-state index in [4.69, 9.17) is 4.42 Å². The number of amides is 2. The zero-order chi connectivity index (χ0) is 19.8. The first-order chi connectivity index (χ1) is 14.2. The van der Waals surface area contributed by atoms with Gasteiger partial charge in [0.25, 0.3) is 5.91 Å². The smallest absolute Gasteiger partial charge is 0.260 e. The Morgan fingerprint density at radius 2 is 2.10 bits per heavy atom. The van der Waals surface area contributed by atoms with Crippen LogP contribution in [0.25, 0.3) is 0 Å². The number of thiazole rings is 1. The van der Waals surface area contributed by atoms with Crippen molar-refractivity contribution >= 4 is 39.6 Å². The number of nitrogens with zero attached hydrogens (tertiary/aromatic N) is 2. The average molecular weight is 428 g/mol. The van der Waals surface area contributed by atoms with Crippen molar-refractivity contribution in [1.29, 1.82) is 0 Å². The Morgan fingerprint density at radius 3 is 2.83 bits per heavy atom. The molecular formula is C21H21N3O3S2. The number of furan rings is 1. The first-order valence-corrected chi connectivity index (χ1v) is 11.5. The van der Waals surface area contributed by atoms with Crippen LogP contribution in [0.15, 0.2) is 40.5 Å². The monoisotopic (exact) mass is 427 g/mol. The predicted molar refractivity (Wildman–Crippen MR) is 112 cm³/mol. The third-order valence-corrected chi connectivity index (χ3v) is 7.95. The minimum Gasteiger partial charge on any atom is -0.472 e. The lowest BCUT2D eigenvalue weighted by atomic mass is 9.82. The molecule has 8 heteroatoms. The summed E-state index contributed by atoms with van der Waals surface area (Å²) in [6.07, 6.45) is 7.68. The molecule has 3 aromatic heterocycles. The fraction of sp³-hybridized carbons (Fsp3) is 0.381. The lowest BCUT2D eigenvalue weighted by Gasteiger charge is -2.35. The Morgan fingerprint density at radius 1 is 1.24 bits per heavy atom. The number of rotatable bonds is 4. The van der Waals surface area contributed by atoms with Crippen LogP contribution in [0.3, 0.4) is 0 Å². The van der Waals surface area contributed by atoms with Crippen LogP contribution in [0, 0.1) is 0 Å². The van der Waals surface area contributed by atoms with E-state index in [1.807, 2.05) is 11.0 Å². The number of thiophene rings is 1. The molecule has 2 amide bonds. The van der Waals surface area contributed by atoms with Gasteiger partial charge in [-0.1, -0.05) is 30.2 Å². The summed E-state index contributed by atoms with van der Waals surface area (Å²) in [5.74, 6) is 0.0147. The van der Waals surface area contributed by atoms with Crippen LogP contribution < -0.4 is 5.32 Å². The van der Waals surface area contributed by atoms with Gasteiger partial charge in [-0.15, -0.1) is 11.3 Å². The molecule has 0 radical (unpaired) electrons. The van der Waals surface area contributed by atoms with E-state index in [-0.39, 0.29) is 17.2 Å². The van der Waals surface area contributed by atoms with Crippen LogP contribution in [0.2, 0.25) is 0 Å². The van der Waals surface area contributed by atoms with Crippen molar-refractivity contribution in [1.82, 2.24) is 9.88 Å². The summed E-state index contributed by atoms with van der Waals surface area (Å²) in [4.78, 5) is 34.7. The molecule has 1 aliphatic carbocycles. The molecule has 0 aromatic carbocycles. The van der Waals surface area contributed by atoms with Crippen LogP contribution in [0.1, 0.15) is 51.5 Å². The van der Waals surface area contributed by atoms with Gasteiger partial charge in [0.1, 0.15) is 6.26 Å². The van der Waals surface area contributed by atoms with E-state index in [0.29, 0.717) is 23.8 Å². The lowest BCUT2D eigenvalue weighted by molar-refractivity contribution is -0.138. The quantitative estimate of drug-likeness (QED) is 0.668. The number of nitrogens with one attached hydrogen (secondary N) is 1. The molecule has 1 saturated carbocycles. The molecule has 3 aromatic rings. The van der Waals surface area contributed by atoms with Gasteiger partial charge in [0.05, 0.1) is 29.5 Å². The summed E-state index contributed by atoms with van der Waals surface area (Å²) in [7, 11) is 0. The second-order valence-electron chi connectivity index (χ2n) is 7.60. The molecular weight excluding hydrogens is 406 g/mol. The topological polar surface area (TPSA) is 75.4 Å². The third kappa shape index (κ3) is 3.30. The zero-order valence-electron chi connectivity index (χ0n) is 15.8. The molecule has 29 heavy (non-hydrogen) atoms. The Bertz CT molecular complexity index is 1020. The van der Waals surface area contributed by atoms with E-state index >= 15 is 0 Å². The maximum Gasteiger partial charge on any atom is 0.260 e. The van der Waals surface area contributed by atoms with Crippen LogP contribution in [-0.4, -0.2) is 28.2 Å². The van der Waals surface area contributed by atoms with Crippen molar-refractivity contribution in [2.24, 2.45) is 0 Å². The van der Waals surface area contributed by atoms with Crippen molar-refractivity contribution in [3.8, 4) is 0 Å². The standard InChI is InChI=1S/C21H21N3O3S2/c25-18(14-6-10-27-13-14)23-20-22-15-5-9-24(12-16(15)29-20)19(26)21(7-1-2-8-21)17-4-3-11-28-17/h3-4,6,10-11,13H,1-2,5,7-9,12H2,(H,22,23,25). The van der Waals surface area contributed by atoms with Crippen LogP contribution in [0.5, 0.6) is 0 Å². The summed E-state index contributed by atoms with van der Waals surface area (Å²) in [5, 5.41) is 5.48. The summed E-state index contributed by atoms with van der Waals surface area (Å²) < 4.78 is 4.96. The van der Waals surface area contributed by atoms with Gasteiger partial charge < -0.3 is 9.32 Å². The van der Waals surface area contributed by atoms with E-state index in [1.165, 1.54) is 28.7 Å². The molecule has 0 bridgehead atoms. The molecule has 5 rings (SSSR count). The van der Waals surface area contributed by atoms with E-state index in [0.717, 1.165) is 42.7 Å². The van der Waals surface area contributed by atoms with Gasteiger partial charge in [0.15, 0.2) is 5.13 Å². The van der Waals surface area contributed by atoms with Crippen molar-refractivity contribution in [2.45, 2.75) is 44.1 Å². The van der Waals surface area contributed by atoms with Crippen molar-refractivity contribution in [2.75, 3.05) is 11.9 Å². The van der Waals surface area contributed by atoms with Crippen LogP contribution in [-0.2, 0) is 23.2 Å². The van der Waals surface area contributed by atoms with Gasteiger partial charge in [-0.2, -0.15) is 0 Å². The first-order valence-electron chi connectivity index (χ1n) is 9.81. The maximum atomic E-state index is 13.6. The highest BCUT2D eigenvalue weighted by Crippen LogP contribution is 2.45. The van der Waals surface area contributed by atoms with E-state index in [9.17, 15) is 9.59 Å². The first kappa shape index (κ1) is 18.6. The number of carbonyl (C=O) groups excluding carboxylic acids is 2. The summed E-state index contributed by atoms with van der Waals surface area (Å²) >= 11 is 3.15. The zero-order valence-corrected chi connectivity index (χ0v) is 17.5. The SMILES string of the molecule is O=C(Nc1nc2c(s1)CN(C(=O)C1(c3cccs3)CCCC1)CC2)c1ccoc1. The minimum absolute atomic E-state index is 0.236. The molecule has 6 nitrogen and oxygen atoms in total. The maximum absolute atomic E-state index is 13.6. The number of hydrogen-bond acceptors (Lipinski definition) is 6. The molecule has 2 aliphatic rings. The number of hydrogen-bond donors (Lipinski definition) is 1. The lowest BCUT2D eigenvalue weighted by Crippen LogP contribution is -2.46. The van der Waals surface area contributed by atoms with E-state index < -0.39 is 0 Å². The molecule has 0 saturated heterocycles. The van der Waals surface area contributed by atoms with Gasteiger partial charge in [-0.3, -0.25) is 14.9 Å². The van der Waals surface area contributed by atoms with Gasteiger partial charge >= 0.3 is 0 Å². The number of anilines is 1. The van der Waals surface area contributed by atoms with Gasteiger partial charge in [0.2, 0.25) is 5.91 Å².